The van der Waals surface area contributed by atoms with Crippen LogP contribution in [0.4, 0.5) is 0 Å². The third-order valence-electron chi connectivity index (χ3n) is 4.57. The minimum absolute atomic E-state index is 0.216. The molecule has 1 aromatic carbocycles. The summed E-state index contributed by atoms with van der Waals surface area (Å²) in [6, 6.07) is 7.47. The van der Waals surface area contributed by atoms with Crippen LogP contribution in [0.2, 0.25) is 0 Å². The quantitative estimate of drug-likeness (QED) is 0.639. The number of aryl methyl sites for hydroxylation is 1. The van der Waals surface area contributed by atoms with Gasteiger partial charge in [0.2, 0.25) is 0 Å². The van der Waals surface area contributed by atoms with Crippen molar-refractivity contribution >= 4 is 11.9 Å². The monoisotopic (exact) mass is 381 g/mol. The summed E-state index contributed by atoms with van der Waals surface area (Å²) in [5.41, 5.74) is 3.81. The number of hydrogen-bond acceptors (Lipinski definition) is 5. The Labute approximate surface area is 162 Å². The molecule has 0 aliphatic heterocycles. The lowest BCUT2D eigenvalue weighted by atomic mass is 10.1. The zero-order chi connectivity index (χ0) is 20.3. The minimum atomic E-state index is -0.426. The number of esters is 1. The highest BCUT2D eigenvalue weighted by atomic mass is 16.5. The Morgan fingerprint density at radius 3 is 2.57 bits per heavy atom. The van der Waals surface area contributed by atoms with Crippen LogP contribution in [-0.4, -0.2) is 38.2 Å². The van der Waals surface area contributed by atoms with E-state index < -0.39 is 5.97 Å². The maximum Gasteiger partial charge on any atom is 0.340 e. The molecule has 28 heavy (non-hydrogen) atoms. The van der Waals surface area contributed by atoms with E-state index in [0.29, 0.717) is 22.5 Å². The Balaban J connectivity index is 1.74. The lowest BCUT2D eigenvalue weighted by molar-refractivity contribution is 0.0525. The average Bonchev–Trinajstić information content (AvgIpc) is 3.30. The predicted molar refractivity (Wildman–Crippen MR) is 103 cm³/mol. The molecule has 146 valence electrons. The molecule has 8 nitrogen and oxygen atoms in total. The maximum absolute atomic E-state index is 12.7. The van der Waals surface area contributed by atoms with E-state index >= 15 is 0 Å². The van der Waals surface area contributed by atoms with Crippen LogP contribution < -0.4 is 5.32 Å². The third kappa shape index (κ3) is 3.80. The molecular weight excluding hydrogens is 358 g/mol. The average molecular weight is 381 g/mol. The van der Waals surface area contributed by atoms with Crippen molar-refractivity contribution in [3.8, 4) is 5.69 Å². The van der Waals surface area contributed by atoms with Gasteiger partial charge in [0.05, 0.1) is 23.9 Å². The molecule has 0 radical (unpaired) electrons. The van der Waals surface area contributed by atoms with Crippen LogP contribution in [0.3, 0.4) is 0 Å². The zero-order valence-electron chi connectivity index (χ0n) is 16.3. The summed E-state index contributed by atoms with van der Waals surface area (Å²) in [6.07, 6.45) is 3.10. The normalized spacial score (nSPS) is 11.9. The molecule has 0 saturated carbocycles. The zero-order valence-corrected chi connectivity index (χ0v) is 16.3. The molecule has 0 bridgehead atoms. The van der Waals surface area contributed by atoms with E-state index in [9.17, 15) is 9.59 Å². The van der Waals surface area contributed by atoms with Crippen molar-refractivity contribution < 1.29 is 14.3 Å². The van der Waals surface area contributed by atoms with Crippen molar-refractivity contribution in [1.29, 1.82) is 0 Å². The number of aromatic amines is 1. The molecule has 1 atom stereocenters. The first-order valence-electron chi connectivity index (χ1n) is 9.04. The molecule has 0 saturated heterocycles. The van der Waals surface area contributed by atoms with Crippen molar-refractivity contribution in [2.24, 2.45) is 0 Å². The molecule has 1 unspecified atom stereocenters. The van der Waals surface area contributed by atoms with E-state index in [4.69, 9.17) is 4.74 Å². The number of benzene rings is 1. The number of hydrogen-bond donors (Lipinski definition) is 2. The molecule has 8 heteroatoms. The van der Waals surface area contributed by atoms with Crippen molar-refractivity contribution in [3.63, 3.8) is 0 Å². The fraction of sp³-hybridized carbons (Fsp3) is 0.300. The SMILES string of the molecule is CCOC(=O)c1c(C)[nH]c(C(=O)NC(C)c2ccc(-n3cncn3)cc2)c1C. The van der Waals surface area contributed by atoms with E-state index in [1.807, 2.05) is 31.2 Å². The van der Waals surface area contributed by atoms with Crippen molar-refractivity contribution in [2.45, 2.75) is 33.7 Å². The van der Waals surface area contributed by atoms with Gasteiger partial charge in [-0.25, -0.2) is 14.5 Å². The van der Waals surface area contributed by atoms with E-state index in [2.05, 4.69) is 20.4 Å². The topological polar surface area (TPSA) is 102 Å². The Bertz CT molecular complexity index is 974. The first kappa shape index (κ1) is 19.3. The fourth-order valence-corrected chi connectivity index (χ4v) is 3.10. The largest absolute Gasteiger partial charge is 0.462 e. The van der Waals surface area contributed by atoms with Crippen LogP contribution in [-0.2, 0) is 4.74 Å². The lowest BCUT2D eigenvalue weighted by Crippen LogP contribution is -2.27. The van der Waals surface area contributed by atoms with Crippen LogP contribution in [0.5, 0.6) is 0 Å². The molecule has 3 rings (SSSR count). The van der Waals surface area contributed by atoms with Crippen LogP contribution >= 0.6 is 0 Å². The van der Waals surface area contributed by atoms with Gasteiger partial charge in [0, 0.05) is 5.69 Å². The summed E-state index contributed by atoms with van der Waals surface area (Å²) in [6.45, 7) is 7.43. The molecule has 2 heterocycles. The van der Waals surface area contributed by atoms with Crippen LogP contribution in [0.25, 0.3) is 5.69 Å². The molecule has 2 N–H and O–H groups in total. The number of nitrogens with one attached hydrogen (secondary N) is 2. The number of rotatable bonds is 6. The second kappa shape index (κ2) is 8.08. The van der Waals surface area contributed by atoms with E-state index in [1.54, 1.807) is 31.8 Å². The number of H-pyrrole nitrogens is 1. The maximum atomic E-state index is 12.7. The van der Waals surface area contributed by atoms with Crippen molar-refractivity contribution in [2.75, 3.05) is 6.61 Å². The van der Waals surface area contributed by atoms with Crippen LogP contribution in [0, 0.1) is 13.8 Å². The van der Waals surface area contributed by atoms with Gasteiger partial charge in [-0.05, 0) is 51.0 Å². The first-order valence-corrected chi connectivity index (χ1v) is 9.04. The predicted octanol–water partition coefficient (Wildman–Crippen LogP) is 2.88. The molecule has 0 aliphatic carbocycles. The van der Waals surface area contributed by atoms with Gasteiger partial charge in [0.15, 0.2) is 0 Å². The fourth-order valence-electron chi connectivity index (χ4n) is 3.10. The number of carbonyl (C=O) groups is 2. The number of nitrogens with zero attached hydrogens (tertiary/aromatic N) is 3. The van der Waals surface area contributed by atoms with Gasteiger partial charge in [-0.2, -0.15) is 5.10 Å². The molecule has 0 aliphatic rings. The number of amides is 1. The second-order valence-corrected chi connectivity index (χ2v) is 6.47. The Morgan fingerprint density at radius 2 is 1.96 bits per heavy atom. The van der Waals surface area contributed by atoms with Crippen LogP contribution in [0.15, 0.2) is 36.9 Å². The smallest absolute Gasteiger partial charge is 0.340 e. The summed E-state index contributed by atoms with van der Waals surface area (Å²) >= 11 is 0. The van der Waals surface area contributed by atoms with Gasteiger partial charge in [-0.3, -0.25) is 4.79 Å². The van der Waals surface area contributed by atoms with Crippen molar-refractivity contribution in [3.05, 3.63) is 65.0 Å². The van der Waals surface area contributed by atoms with Gasteiger partial charge in [-0.1, -0.05) is 12.1 Å². The number of carbonyl (C=O) groups excluding carboxylic acids is 2. The van der Waals surface area contributed by atoms with Crippen molar-refractivity contribution in [1.82, 2.24) is 25.1 Å². The highest BCUT2D eigenvalue weighted by molar-refractivity contribution is 6.00. The summed E-state index contributed by atoms with van der Waals surface area (Å²) < 4.78 is 6.73. The molecule has 3 aromatic rings. The number of ether oxygens (including phenoxy) is 1. The summed E-state index contributed by atoms with van der Waals surface area (Å²) in [5.74, 6) is -0.700. The van der Waals surface area contributed by atoms with E-state index in [-0.39, 0.29) is 18.6 Å². The Hall–Kier alpha value is -3.42. The first-order chi connectivity index (χ1) is 13.4. The molecule has 2 aromatic heterocycles. The summed E-state index contributed by atoms with van der Waals surface area (Å²) in [7, 11) is 0. The lowest BCUT2D eigenvalue weighted by Gasteiger charge is -2.15. The van der Waals surface area contributed by atoms with E-state index in [0.717, 1.165) is 11.3 Å². The third-order valence-corrected chi connectivity index (χ3v) is 4.57. The van der Waals surface area contributed by atoms with Gasteiger partial charge in [0.25, 0.3) is 5.91 Å². The van der Waals surface area contributed by atoms with Gasteiger partial charge >= 0.3 is 5.97 Å². The highest BCUT2D eigenvalue weighted by Crippen LogP contribution is 2.21. The standard InChI is InChI=1S/C20H23N5O3/c1-5-28-20(27)17-12(2)18(23-14(17)4)19(26)24-13(3)15-6-8-16(9-7-15)25-11-21-10-22-25/h6-11,13,23H,5H2,1-4H3,(H,24,26). The van der Waals surface area contributed by atoms with E-state index in [1.165, 1.54) is 6.33 Å². The van der Waals surface area contributed by atoms with Gasteiger partial charge < -0.3 is 15.0 Å². The van der Waals surface area contributed by atoms with Gasteiger partial charge in [0.1, 0.15) is 18.3 Å². The van der Waals surface area contributed by atoms with Gasteiger partial charge in [-0.15, -0.1) is 0 Å². The minimum Gasteiger partial charge on any atom is -0.462 e. The summed E-state index contributed by atoms with van der Waals surface area (Å²) in [4.78, 5) is 31.8. The molecule has 0 spiro atoms. The molecule has 0 fully saturated rings. The summed E-state index contributed by atoms with van der Waals surface area (Å²) in [5, 5.41) is 7.05. The highest BCUT2D eigenvalue weighted by Gasteiger charge is 2.23. The number of aromatic nitrogens is 4. The molecular formula is C20H23N5O3. The Kier molecular flexibility index (Phi) is 5.58. The second-order valence-electron chi connectivity index (χ2n) is 6.47. The Morgan fingerprint density at radius 1 is 1.25 bits per heavy atom. The van der Waals surface area contributed by atoms with Crippen LogP contribution in [0.1, 0.15) is 57.6 Å². The molecule has 1 amide bonds.